The van der Waals surface area contributed by atoms with Gasteiger partial charge in [-0.15, -0.1) is 0 Å². The largest absolute Gasteiger partial charge is 0.497 e. The summed E-state index contributed by atoms with van der Waals surface area (Å²) < 4.78 is 23.7. The van der Waals surface area contributed by atoms with Crippen LogP contribution in [0.5, 0.6) is 5.75 Å². The minimum Gasteiger partial charge on any atom is -0.497 e. The number of ether oxygens (including phenoxy) is 1. The fraction of sp³-hybridized carbons (Fsp3) is 0.292. The highest BCUT2D eigenvalue weighted by atomic mass is 19.1. The smallest absolute Gasteiger partial charge is 0.337 e. The summed E-state index contributed by atoms with van der Waals surface area (Å²) in [6.45, 7) is 0.405. The fourth-order valence-electron chi connectivity index (χ4n) is 4.53. The van der Waals surface area contributed by atoms with E-state index in [2.05, 4.69) is 4.98 Å². The molecule has 32 heavy (non-hydrogen) atoms. The topological polar surface area (TPSA) is 71.1 Å². The standard InChI is InChI=1S/C24H23FN4O3/c1-32-20-11-9-16(10-12-20)14-27-15-26-22-21(27)23(30)29(18-6-2-3-7-18)24(31)28(22)19-8-4-5-17(25)13-19/h4-5,8-13,15,18H,2-3,6-7,14H2,1H3. The number of halogens is 1. The first-order chi connectivity index (χ1) is 15.6. The van der Waals surface area contributed by atoms with E-state index in [0.717, 1.165) is 37.0 Å². The van der Waals surface area contributed by atoms with Crippen molar-refractivity contribution in [3.63, 3.8) is 0 Å². The first kappa shape index (κ1) is 20.2. The maximum atomic E-state index is 14.0. The van der Waals surface area contributed by atoms with Crippen LogP contribution in [-0.4, -0.2) is 25.8 Å². The van der Waals surface area contributed by atoms with Gasteiger partial charge in [-0.3, -0.25) is 9.36 Å². The van der Waals surface area contributed by atoms with Gasteiger partial charge in [-0.1, -0.05) is 31.0 Å². The second-order valence-corrected chi connectivity index (χ2v) is 8.10. The highest BCUT2D eigenvalue weighted by Crippen LogP contribution is 2.28. The van der Waals surface area contributed by atoms with Gasteiger partial charge >= 0.3 is 5.69 Å². The summed E-state index contributed by atoms with van der Waals surface area (Å²) in [6, 6.07) is 13.2. The van der Waals surface area contributed by atoms with Crippen molar-refractivity contribution in [3.05, 3.63) is 87.1 Å². The molecular weight excluding hydrogens is 411 g/mol. The van der Waals surface area contributed by atoms with E-state index in [4.69, 9.17) is 4.74 Å². The van der Waals surface area contributed by atoms with Gasteiger partial charge in [0.2, 0.25) is 0 Å². The summed E-state index contributed by atoms with van der Waals surface area (Å²) in [4.78, 5) is 31.4. The molecule has 4 aromatic rings. The zero-order valence-electron chi connectivity index (χ0n) is 17.7. The van der Waals surface area contributed by atoms with E-state index in [1.807, 2.05) is 24.3 Å². The van der Waals surface area contributed by atoms with E-state index in [1.165, 1.54) is 21.3 Å². The normalized spacial score (nSPS) is 14.3. The molecule has 1 aliphatic rings. The predicted octanol–water partition coefficient (Wildman–Crippen LogP) is 3.66. The van der Waals surface area contributed by atoms with Crippen LogP contribution in [0.15, 0.2) is 64.4 Å². The van der Waals surface area contributed by atoms with Crippen LogP contribution in [0.3, 0.4) is 0 Å². The molecule has 0 bridgehead atoms. The van der Waals surface area contributed by atoms with Crippen molar-refractivity contribution in [1.82, 2.24) is 18.7 Å². The molecule has 8 heteroatoms. The average molecular weight is 434 g/mol. The van der Waals surface area contributed by atoms with Crippen molar-refractivity contribution in [2.24, 2.45) is 0 Å². The van der Waals surface area contributed by atoms with Crippen molar-refractivity contribution in [3.8, 4) is 11.4 Å². The van der Waals surface area contributed by atoms with E-state index < -0.39 is 11.5 Å². The third-order valence-corrected chi connectivity index (χ3v) is 6.12. The number of rotatable bonds is 5. The Bertz CT molecular complexity index is 1400. The van der Waals surface area contributed by atoms with Crippen LogP contribution in [0.25, 0.3) is 16.9 Å². The lowest BCUT2D eigenvalue weighted by molar-refractivity contribution is 0.414. The van der Waals surface area contributed by atoms with Gasteiger partial charge in [0.15, 0.2) is 11.2 Å². The minimum atomic E-state index is -0.477. The van der Waals surface area contributed by atoms with Gasteiger partial charge in [-0.05, 0) is 48.7 Å². The molecule has 2 aromatic heterocycles. The van der Waals surface area contributed by atoms with E-state index in [-0.39, 0.29) is 17.2 Å². The first-order valence-corrected chi connectivity index (χ1v) is 10.7. The summed E-state index contributed by atoms with van der Waals surface area (Å²) in [5.74, 6) is 0.284. The van der Waals surface area contributed by atoms with E-state index in [1.54, 1.807) is 30.1 Å². The van der Waals surface area contributed by atoms with Crippen LogP contribution in [0.2, 0.25) is 0 Å². The van der Waals surface area contributed by atoms with Gasteiger partial charge in [0.25, 0.3) is 5.56 Å². The monoisotopic (exact) mass is 434 g/mol. The molecule has 0 radical (unpaired) electrons. The van der Waals surface area contributed by atoms with Gasteiger partial charge in [0, 0.05) is 12.6 Å². The van der Waals surface area contributed by atoms with Gasteiger partial charge in [-0.25, -0.2) is 18.7 Å². The van der Waals surface area contributed by atoms with E-state index in [0.29, 0.717) is 17.7 Å². The molecule has 1 aliphatic carbocycles. The minimum absolute atomic E-state index is 0.163. The number of methoxy groups -OCH3 is 1. The molecule has 0 spiro atoms. The van der Waals surface area contributed by atoms with Crippen LogP contribution in [0.4, 0.5) is 4.39 Å². The van der Waals surface area contributed by atoms with E-state index >= 15 is 0 Å². The molecule has 0 N–H and O–H groups in total. The first-order valence-electron chi connectivity index (χ1n) is 10.7. The second-order valence-electron chi connectivity index (χ2n) is 8.10. The van der Waals surface area contributed by atoms with Crippen molar-refractivity contribution in [2.45, 2.75) is 38.3 Å². The molecule has 0 atom stereocenters. The molecule has 0 aliphatic heterocycles. The van der Waals surface area contributed by atoms with Crippen molar-refractivity contribution >= 4 is 11.2 Å². The Labute approximate surface area is 183 Å². The zero-order valence-corrected chi connectivity index (χ0v) is 17.7. The third-order valence-electron chi connectivity index (χ3n) is 6.12. The second kappa shape index (κ2) is 8.11. The summed E-state index contributed by atoms with van der Waals surface area (Å²) in [7, 11) is 1.61. The summed E-state index contributed by atoms with van der Waals surface area (Å²) in [6.07, 6.45) is 5.05. The van der Waals surface area contributed by atoms with Crippen LogP contribution >= 0.6 is 0 Å². The van der Waals surface area contributed by atoms with Crippen molar-refractivity contribution in [1.29, 1.82) is 0 Å². The van der Waals surface area contributed by atoms with Crippen molar-refractivity contribution < 1.29 is 9.13 Å². The molecule has 0 unspecified atom stereocenters. The van der Waals surface area contributed by atoms with Crippen LogP contribution in [-0.2, 0) is 6.54 Å². The number of nitrogens with zero attached hydrogens (tertiary/aromatic N) is 4. The zero-order chi connectivity index (χ0) is 22.2. The molecule has 2 heterocycles. The Morgan fingerprint density at radius 1 is 1.09 bits per heavy atom. The number of hydrogen-bond acceptors (Lipinski definition) is 4. The van der Waals surface area contributed by atoms with Crippen LogP contribution in [0.1, 0.15) is 37.3 Å². The highest BCUT2D eigenvalue weighted by Gasteiger charge is 2.26. The molecule has 1 fully saturated rings. The van der Waals surface area contributed by atoms with E-state index in [9.17, 15) is 14.0 Å². The summed E-state index contributed by atoms with van der Waals surface area (Å²) >= 11 is 0. The maximum absolute atomic E-state index is 14.0. The van der Waals surface area contributed by atoms with Gasteiger partial charge in [0.05, 0.1) is 19.1 Å². The number of benzene rings is 2. The summed E-state index contributed by atoms with van der Waals surface area (Å²) in [5, 5.41) is 0. The average Bonchev–Trinajstić information content (AvgIpc) is 3.45. The predicted molar refractivity (Wildman–Crippen MR) is 119 cm³/mol. The highest BCUT2D eigenvalue weighted by molar-refractivity contribution is 5.72. The molecule has 5 rings (SSSR count). The Morgan fingerprint density at radius 2 is 1.84 bits per heavy atom. The quantitative estimate of drug-likeness (QED) is 0.481. The van der Waals surface area contributed by atoms with Crippen molar-refractivity contribution in [2.75, 3.05) is 7.11 Å². The number of hydrogen-bond donors (Lipinski definition) is 0. The number of fused-ring (bicyclic) bond motifs is 1. The lowest BCUT2D eigenvalue weighted by Crippen LogP contribution is -2.41. The van der Waals surface area contributed by atoms with Gasteiger partial charge in [0.1, 0.15) is 11.6 Å². The third kappa shape index (κ3) is 3.41. The van der Waals surface area contributed by atoms with Gasteiger partial charge < -0.3 is 9.30 Å². The molecule has 164 valence electrons. The number of imidazole rings is 1. The van der Waals surface area contributed by atoms with Crippen LogP contribution in [0, 0.1) is 5.82 Å². The summed E-state index contributed by atoms with van der Waals surface area (Å²) in [5.41, 5.74) is 1.04. The fourth-order valence-corrected chi connectivity index (χ4v) is 4.53. The Balaban J connectivity index is 1.74. The lowest BCUT2D eigenvalue weighted by atomic mass is 10.2. The molecule has 2 aromatic carbocycles. The molecular formula is C24H23FN4O3. The lowest BCUT2D eigenvalue weighted by Gasteiger charge is -2.17. The molecule has 0 amide bonds. The number of aromatic nitrogens is 4. The Morgan fingerprint density at radius 3 is 2.53 bits per heavy atom. The Hall–Kier alpha value is -3.68. The maximum Gasteiger partial charge on any atom is 0.337 e. The Kier molecular flexibility index (Phi) is 5.13. The SMILES string of the molecule is COc1ccc(Cn2cnc3c2c(=O)n(C2CCCC2)c(=O)n3-c2cccc(F)c2)cc1. The van der Waals surface area contributed by atoms with Gasteiger partial charge in [-0.2, -0.15) is 0 Å². The molecule has 7 nitrogen and oxygen atoms in total. The van der Waals surface area contributed by atoms with Crippen LogP contribution < -0.4 is 16.0 Å². The molecule has 1 saturated carbocycles. The molecule has 0 saturated heterocycles.